The van der Waals surface area contributed by atoms with E-state index in [9.17, 15) is 4.79 Å². The predicted octanol–water partition coefficient (Wildman–Crippen LogP) is 3.80. The lowest BCUT2D eigenvalue weighted by Gasteiger charge is -2.17. The van der Waals surface area contributed by atoms with Gasteiger partial charge in [0, 0.05) is 13.3 Å². The van der Waals surface area contributed by atoms with Crippen molar-refractivity contribution in [1.29, 1.82) is 0 Å². The molecule has 3 rings (SSSR count). The first kappa shape index (κ1) is 17.8. The second kappa shape index (κ2) is 8.92. The minimum Gasteiger partial charge on any atom is -0.382 e. The van der Waals surface area contributed by atoms with Gasteiger partial charge in [-0.15, -0.1) is 0 Å². The molecule has 1 atom stereocenters. The zero-order valence-corrected chi connectivity index (χ0v) is 14.8. The first-order valence-electron chi connectivity index (χ1n) is 8.60. The highest BCUT2D eigenvalue weighted by atomic mass is 16.5. The molecule has 0 saturated carbocycles. The third kappa shape index (κ3) is 4.77. The van der Waals surface area contributed by atoms with Gasteiger partial charge in [0.25, 0.3) is 0 Å². The van der Waals surface area contributed by atoms with Crippen LogP contribution in [0.25, 0.3) is 11.1 Å². The monoisotopic (exact) mass is 346 g/mol. The molecule has 4 nitrogen and oxygen atoms in total. The second-order valence-corrected chi connectivity index (χ2v) is 6.07. The van der Waals surface area contributed by atoms with Crippen molar-refractivity contribution in [2.24, 2.45) is 0 Å². The van der Waals surface area contributed by atoms with Crippen LogP contribution in [0.1, 0.15) is 17.3 Å². The summed E-state index contributed by atoms with van der Waals surface area (Å²) < 4.78 is 5.22. The number of carbonyl (C=O) groups is 1. The van der Waals surface area contributed by atoms with E-state index < -0.39 is 0 Å². The molecule has 0 spiro atoms. The fourth-order valence-electron chi connectivity index (χ4n) is 2.83. The quantitative estimate of drug-likeness (QED) is 0.708. The Kier molecular flexibility index (Phi) is 6.12. The lowest BCUT2D eigenvalue weighted by atomic mass is 10.0. The Morgan fingerprint density at radius 3 is 2.31 bits per heavy atom. The molecule has 1 heterocycles. The summed E-state index contributed by atoms with van der Waals surface area (Å²) in [6.45, 7) is 0.385. The van der Waals surface area contributed by atoms with Crippen molar-refractivity contribution >= 4 is 5.91 Å². The van der Waals surface area contributed by atoms with Crippen molar-refractivity contribution in [2.45, 2.75) is 12.5 Å². The van der Waals surface area contributed by atoms with Crippen molar-refractivity contribution < 1.29 is 9.53 Å². The highest BCUT2D eigenvalue weighted by molar-refractivity contribution is 5.79. The number of hydrogen-bond acceptors (Lipinski definition) is 3. The summed E-state index contributed by atoms with van der Waals surface area (Å²) in [5.74, 6) is -0.0508. The molecule has 1 unspecified atom stereocenters. The number of aromatic nitrogens is 1. The van der Waals surface area contributed by atoms with Gasteiger partial charge in [-0.2, -0.15) is 0 Å². The molecular formula is C22H22N2O2. The van der Waals surface area contributed by atoms with Gasteiger partial charge in [-0.3, -0.25) is 9.78 Å². The molecule has 4 heteroatoms. The first-order valence-corrected chi connectivity index (χ1v) is 8.60. The number of pyridine rings is 1. The van der Waals surface area contributed by atoms with E-state index in [1.807, 2.05) is 60.7 Å². The first-order chi connectivity index (χ1) is 12.8. The summed E-state index contributed by atoms with van der Waals surface area (Å²) in [4.78, 5) is 16.7. The molecule has 0 aliphatic rings. The van der Waals surface area contributed by atoms with E-state index in [0.717, 1.165) is 16.8 Å². The van der Waals surface area contributed by atoms with E-state index in [2.05, 4.69) is 22.4 Å². The zero-order chi connectivity index (χ0) is 18.2. The van der Waals surface area contributed by atoms with Gasteiger partial charge >= 0.3 is 0 Å². The van der Waals surface area contributed by atoms with E-state index in [4.69, 9.17) is 4.74 Å². The van der Waals surface area contributed by atoms with Gasteiger partial charge in [0.1, 0.15) is 0 Å². The fourth-order valence-corrected chi connectivity index (χ4v) is 2.83. The van der Waals surface area contributed by atoms with Crippen LogP contribution in [0.4, 0.5) is 0 Å². The number of nitrogens with zero attached hydrogens (tertiary/aromatic N) is 1. The van der Waals surface area contributed by atoms with Crippen molar-refractivity contribution in [3.8, 4) is 11.1 Å². The number of hydrogen-bond donors (Lipinski definition) is 1. The predicted molar refractivity (Wildman–Crippen MR) is 103 cm³/mol. The Balaban J connectivity index is 1.63. The molecule has 1 N–H and O–H groups in total. The maximum Gasteiger partial charge on any atom is 0.225 e. The summed E-state index contributed by atoms with van der Waals surface area (Å²) in [7, 11) is 1.62. The van der Waals surface area contributed by atoms with Gasteiger partial charge in [0.05, 0.1) is 24.8 Å². The Morgan fingerprint density at radius 1 is 0.962 bits per heavy atom. The molecule has 0 saturated heterocycles. The topological polar surface area (TPSA) is 51.2 Å². The fraction of sp³-hybridized carbons (Fsp3) is 0.182. The van der Waals surface area contributed by atoms with Crippen LogP contribution in [-0.4, -0.2) is 24.6 Å². The van der Waals surface area contributed by atoms with Gasteiger partial charge < -0.3 is 10.1 Å². The van der Waals surface area contributed by atoms with Crippen LogP contribution in [-0.2, 0) is 16.0 Å². The van der Waals surface area contributed by atoms with Gasteiger partial charge in [-0.25, -0.2) is 0 Å². The van der Waals surface area contributed by atoms with Crippen LogP contribution in [0.2, 0.25) is 0 Å². The summed E-state index contributed by atoms with van der Waals surface area (Å²) in [6, 6.07) is 23.6. The Morgan fingerprint density at radius 2 is 1.65 bits per heavy atom. The van der Waals surface area contributed by atoms with Crippen molar-refractivity contribution in [3.63, 3.8) is 0 Å². The van der Waals surface area contributed by atoms with Crippen LogP contribution in [0.3, 0.4) is 0 Å². The Bertz CT molecular complexity index is 818. The van der Waals surface area contributed by atoms with Crippen LogP contribution >= 0.6 is 0 Å². The van der Waals surface area contributed by atoms with Crippen molar-refractivity contribution in [3.05, 3.63) is 90.3 Å². The van der Waals surface area contributed by atoms with E-state index in [1.165, 1.54) is 5.56 Å². The van der Waals surface area contributed by atoms with E-state index >= 15 is 0 Å². The van der Waals surface area contributed by atoms with E-state index in [1.54, 1.807) is 13.3 Å². The lowest BCUT2D eigenvalue weighted by molar-refractivity contribution is -0.121. The number of carbonyl (C=O) groups excluding carboxylic acids is 1. The molecule has 2 aromatic carbocycles. The maximum atomic E-state index is 12.4. The summed E-state index contributed by atoms with van der Waals surface area (Å²) in [6.07, 6.45) is 2.04. The maximum absolute atomic E-state index is 12.4. The highest BCUT2D eigenvalue weighted by Crippen LogP contribution is 2.19. The molecule has 0 aliphatic carbocycles. The number of rotatable bonds is 7. The number of amides is 1. The second-order valence-electron chi connectivity index (χ2n) is 6.07. The molecule has 0 radical (unpaired) electrons. The van der Waals surface area contributed by atoms with Gasteiger partial charge in [0.2, 0.25) is 5.91 Å². The zero-order valence-electron chi connectivity index (χ0n) is 14.8. The number of nitrogens with one attached hydrogen (secondary N) is 1. The molecule has 3 aromatic rings. The Hall–Kier alpha value is -2.98. The van der Waals surface area contributed by atoms with E-state index in [-0.39, 0.29) is 11.9 Å². The normalized spacial score (nSPS) is 11.7. The summed E-state index contributed by atoms with van der Waals surface area (Å²) in [5, 5.41) is 3.00. The molecule has 0 aliphatic heterocycles. The third-order valence-electron chi connectivity index (χ3n) is 4.14. The van der Waals surface area contributed by atoms with Crippen molar-refractivity contribution in [2.75, 3.05) is 13.7 Å². The summed E-state index contributed by atoms with van der Waals surface area (Å²) >= 11 is 0. The minimum atomic E-state index is -0.253. The summed E-state index contributed by atoms with van der Waals surface area (Å²) in [5.41, 5.74) is 4.07. The molecule has 1 amide bonds. The van der Waals surface area contributed by atoms with Crippen LogP contribution in [0, 0.1) is 0 Å². The smallest absolute Gasteiger partial charge is 0.225 e. The van der Waals surface area contributed by atoms with E-state index in [0.29, 0.717) is 13.0 Å². The lowest BCUT2D eigenvalue weighted by Crippen LogP contribution is -2.33. The molecular weight excluding hydrogens is 324 g/mol. The standard InChI is InChI=1S/C22H22N2O2/c1-26-16-21(20-9-5-6-14-23-20)24-22(25)15-17-10-12-19(13-11-17)18-7-3-2-4-8-18/h2-14,21H,15-16H2,1H3,(H,24,25). The minimum absolute atomic E-state index is 0.0508. The number of benzene rings is 2. The largest absolute Gasteiger partial charge is 0.382 e. The highest BCUT2D eigenvalue weighted by Gasteiger charge is 2.15. The SMILES string of the molecule is COCC(NC(=O)Cc1ccc(-c2ccccc2)cc1)c1ccccn1. The molecule has 26 heavy (non-hydrogen) atoms. The average Bonchev–Trinajstić information content (AvgIpc) is 2.69. The number of methoxy groups -OCH3 is 1. The van der Waals surface area contributed by atoms with Crippen LogP contribution < -0.4 is 5.32 Å². The van der Waals surface area contributed by atoms with Crippen LogP contribution in [0.5, 0.6) is 0 Å². The van der Waals surface area contributed by atoms with Gasteiger partial charge in [-0.1, -0.05) is 60.7 Å². The van der Waals surface area contributed by atoms with Gasteiger partial charge in [-0.05, 0) is 28.8 Å². The van der Waals surface area contributed by atoms with Gasteiger partial charge in [0.15, 0.2) is 0 Å². The molecule has 0 bridgehead atoms. The molecule has 1 aromatic heterocycles. The third-order valence-corrected chi connectivity index (χ3v) is 4.14. The Labute approximate surface area is 153 Å². The number of ether oxygens (including phenoxy) is 1. The molecule has 0 fully saturated rings. The van der Waals surface area contributed by atoms with Crippen molar-refractivity contribution in [1.82, 2.24) is 10.3 Å². The van der Waals surface area contributed by atoms with Crippen LogP contribution in [0.15, 0.2) is 79.0 Å². The molecule has 132 valence electrons. The average molecular weight is 346 g/mol.